The van der Waals surface area contributed by atoms with E-state index in [-0.39, 0.29) is 41.1 Å². The highest BCUT2D eigenvalue weighted by molar-refractivity contribution is 5.89. The van der Waals surface area contributed by atoms with Crippen molar-refractivity contribution in [2.45, 2.75) is 94.1 Å². The number of aliphatic hydroxyl groups is 1. The predicted octanol–water partition coefficient (Wildman–Crippen LogP) is 4.14. The van der Waals surface area contributed by atoms with E-state index in [0.29, 0.717) is 16.7 Å². The molecule has 7 rings (SSSR count). The topological polar surface area (TPSA) is 252 Å². The van der Waals surface area contributed by atoms with Crippen molar-refractivity contribution in [3.63, 3.8) is 0 Å². The minimum atomic E-state index is -2.26. The van der Waals surface area contributed by atoms with Gasteiger partial charge in [0, 0.05) is 18.2 Å². The van der Waals surface area contributed by atoms with E-state index in [1.807, 2.05) is 0 Å². The van der Waals surface area contributed by atoms with E-state index < -0.39 is 97.5 Å². The second-order valence-corrected chi connectivity index (χ2v) is 16.9. The lowest BCUT2D eigenvalue weighted by Gasteiger charge is -2.53. The number of carbonyl (C=O) groups is 3. The van der Waals surface area contributed by atoms with Gasteiger partial charge in [-0.1, -0.05) is 18.2 Å². The van der Waals surface area contributed by atoms with Gasteiger partial charge in [0.1, 0.15) is 43.7 Å². The lowest BCUT2D eigenvalue weighted by atomic mass is 9.96. The smallest absolute Gasteiger partial charge is 0.331 e. The van der Waals surface area contributed by atoms with E-state index in [4.69, 9.17) is 61.6 Å². The van der Waals surface area contributed by atoms with Gasteiger partial charge >= 0.3 is 17.9 Å². The first kappa shape index (κ1) is 49.7. The van der Waals surface area contributed by atoms with Crippen molar-refractivity contribution in [3.8, 4) is 34.5 Å². The average molecular weight is 951 g/mol. The molecule has 0 aliphatic carbocycles. The molecule has 4 aliphatic heterocycles. The Kier molecular flexibility index (Phi) is 15.0. The number of methoxy groups -OCH3 is 3. The number of esters is 3. The van der Waals surface area contributed by atoms with Gasteiger partial charge in [-0.3, -0.25) is 0 Å². The van der Waals surface area contributed by atoms with Crippen LogP contribution in [0.25, 0.3) is 18.2 Å². The van der Waals surface area contributed by atoms with Crippen LogP contribution >= 0.6 is 0 Å². The van der Waals surface area contributed by atoms with E-state index in [1.54, 1.807) is 27.7 Å². The summed E-state index contributed by atoms with van der Waals surface area (Å²) in [5.74, 6) is -7.64. The molecule has 0 saturated carbocycles. The van der Waals surface area contributed by atoms with Crippen LogP contribution in [-0.2, 0) is 61.8 Å². The van der Waals surface area contributed by atoms with Gasteiger partial charge in [0.2, 0.25) is 5.79 Å². The summed E-state index contributed by atoms with van der Waals surface area (Å²) in [7, 11) is 4.11. The molecule has 0 amide bonds. The van der Waals surface area contributed by atoms with E-state index in [0.717, 1.165) is 18.2 Å². The second kappa shape index (κ2) is 20.6. The molecule has 0 aromatic heterocycles. The minimum absolute atomic E-state index is 0.0250. The number of ether oxygens (including phenoxy) is 13. The molecule has 9 atom stereocenters. The number of hydrogen-bond acceptors (Lipinski definition) is 20. The maximum atomic E-state index is 14.0. The maximum Gasteiger partial charge on any atom is 0.331 e. The van der Waals surface area contributed by atoms with Crippen LogP contribution in [-0.4, -0.2) is 146 Å². The first-order valence-electron chi connectivity index (χ1n) is 21.4. The third kappa shape index (κ3) is 11.5. The van der Waals surface area contributed by atoms with Crippen LogP contribution in [0.4, 0.5) is 0 Å². The van der Waals surface area contributed by atoms with Crippen LogP contribution in [0.1, 0.15) is 44.4 Å². The monoisotopic (exact) mass is 950 g/mol. The van der Waals surface area contributed by atoms with Crippen molar-refractivity contribution in [1.29, 1.82) is 0 Å². The number of hydrogen-bond donors (Lipinski definition) is 4. The number of phenols is 3. The zero-order chi connectivity index (χ0) is 49.0. The van der Waals surface area contributed by atoms with Gasteiger partial charge in [0.15, 0.2) is 64.6 Å². The Bertz CT molecular complexity index is 2410. The number of phenolic OH excluding ortho intramolecular Hbond substituents is 3. The van der Waals surface area contributed by atoms with Gasteiger partial charge in [0.25, 0.3) is 0 Å². The molecule has 20 nitrogen and oxygen atoms in total. The Morgan fingerprint density at radius 3 is 1.66 bits per heavy atom. The van der Waals surface area contributed by atoms with Crippen molar-refractivity contribution in [1.82, 2.24) is 0 Å². The summed E-state index contributed by atoms with van der Waals surface area (Å²) < 4.78 is 77.4. The van der Waals surface area contributed by atoms with Gasteiger partial charge < -0.3 is 82.0 Å². The second-order valence-electron chi connectivity index (χ2n) is 16.9. The summed E-state index contributed by atoms with van der Waals surface area (Å²) in [6.07, 6.45) is -3.48. The summed E-state index contributed by atoms with van der Waals surface area (Å²) in [6.45, 7) is 5.26. The van der Waals surface area contributed by atoms with E-state index >= 15 is 0 Å². The van der Waals surface area contributed by atoms with Gasteiger partial charge in [0.05, 0.1) is 27.9 Å². The van der Waals surface area contributed by atoms with Crippen LogP contribution in [0.3, 0.4) is 0 Å². The molecular formula is C48H54O20. The molecule has 4 saturated heterocycles. The molecule has 3 aromatic carbocycles. The third-order valence-electron chi connectivity index (χ3n) is 11.2. The van der Waals surface area contributed by atoms with Gasteiger partial charge in [-0.05, 0) is 99.0 Å². The minimum Gasteiger partial charge on any atom is -0.504 e. The number of fused-ring (bicyclic) bond motifs is 2. The molecule has 0 radical (unpaired) electrons. The first-order chi connectivity index (χ1) is 32.3. The van der Waals surface area contributed by atoms with E-state index in [2.05, 4.69) is 0 Å². The normalized spacial score (nSPS) is 28.6. The molecule has 3 aromatic rings. The zero-order valence-corrected chi connectivity index (χ0v) is 38.2. The molecular weight excluding hydrogens is 897 g/mol. The summed E-state index contributed by atoms with van der Waals surface area (Å²) in [4.78, 5) is 41.2. The van der Waals surface area contributed by atoms with Crippen LogP contribution in [0.2, 0.25) is 0 Å². The molecule has 4 aliphatic rings. The van der Waals surface area contributed by atoms with Gasteiger partial charge in [-0.2, -0.15) is 0 Å². The Hall–Kier alpha value is -6.23. The fourth-order valence-corrected chi connectivity index (χ4v) is 7.81. The Morgan fingerprint density at radius 1 is 0.647 bits per heavy atom. The number of aliphatic hydroxyl groups excluding tert-OH is 1. The molecule has 366 valence electrons. The van der Waals surface area contributed by atoms with Crippen molar-refractivity contribution in [2.75, 3.05) is 41.2 Å². The SMILES string of the molecule is COc1cc(/C=C/C(=O)OC[C@H]2O[C@]3(COC(C)(C)O[C@H]4[C@H](O[C@@H]5COC(C)(C)O[C@H]5[C@@H]4O)O3)[C@@H](OC(=O)/C=C/c3ccc(O)c(OC)c3)[C@@H]2OC(=O)/C=C/c2ccc(O)c(OC)c2)ccc1O. The molecule has 68 heavy (non-hydrogen) atoms. The van der Waals surface area contributed by atoms with Crippen LogP contribution in [0, 0.1) is 0 Å². The van der Waals surface area contributed by atoms with Crippen molar-refractivity contribution < 1.29 is 96.4 Å². The lowest BCUT2D eigenvalue weighted by molar-refractivity contribution is -0.454. The predicted molar refractivity (Wildman–Crippen MR) is 235 cm³/mol. The molecule has 0 bridgehead atoms. The summed E-state index contributed by atoms with van der Waals surface area (Å²) in [5.41, 5.74) is 1.36. The molecule has 4 N–H and O–H groups in total. The molecule has 20 heteroatoms. The van der Waals surface area contributed by atoms with E-state index in [9.17, 15) is 34.8 Å². The summed E-state index contributed by atoms with van der Waals surface area (Å²) in [6, 6.07) is 13.2. The highest BCUT2D eigenvalue weighted by Crippen LogP contribution is 2.45. The zero-order valence-electron chi connectivity index (χ0n) is 38.2. The highest BCUT2D eigenvalue weighted by Gasteiger charge is 2.65. The Morgan fingerprint density at radius 2 is 1.13 bits per heavy atom. The van der Waals surface area contributed by atoms with Crippen molar-refractivity contribution >= 4 is 36.1 Å². The van der Waals surface area contributed by atoms with Crippen LogP contribution in [0.5, 0.6) is 34.5 Å². The van der Waals surface area contributed by atoms with Gasteiger partial charge in [-0.15, -0.1) is 0 Å². The van der Waals surface area contributed by atoms with E-state index in [1.165, 1.54) is 94.2 Å². The van der Waals surface area contributed by atoms with Crippen LogP contribution < -0.4 is 14.2 Å². The van der Waals surface area contributed by atoms with Gasteiger partial charge in [-0.25, -0.2) is 14.4 Å². The number of aromatic hydroxyl groups is 3. The number of carbonyl (C=O) groups excluding carboxylic acids is 3. The summed E-state index contributed by atoms with van der Waals surface area (Å²) in [5, 5.41) is 42.1. The fourth-order valence-electron chi connectivity index (χ4n) is 7.81. The lowest BCUT2D eigenvalue weighted by Crippen LogP contribution is -2.69. The highest BCUT2D eigenvalue weighted by atomic mass is 16.9. The standard InChI is InChI=1S/C48H54O20/c1-46(2)60-24-35-41(66-46)40(55)43-45(62-35)68-48(25-61-47(3,4)67-43)44(64-39(54)19-13-28-10-16-31(51)34(22-28)58-7)42(63-38(53)18-12-27-9-15-30(50)33(21-27)57-6)36(65-48)23-59-37(52)17-11-26-8-14-29(49)32(20-26)56-5/h8-22,35-36,40-45,49-51,55H,23-25H2,1-7H3/b17-11+,18-12+,19-13+/t35-,36-,40+,41-,42-,43-,44+,45-,48+/m1/s1. The quantitative estimate of drug-likeness (QED) is 0.107. The number of rotatable bonds is 13. The molecule has 4 fully saturated rings. The maximum absolute atomic E-state index is 14.0. The third-order valence-corrected chi connectivity index (χ3v) is 11.2. The first-order valence-corrected chi connectivity index (χ1v) is 21.4. The summed E-state index contributed by atoms with van der Waals surface area (Å²) >= 11 is 0. The Balaban J connectivity index is 1.25. The van der Waals surface area contributed by atoms with Crippen molar-refractivity contribution in [3.05, 3.63) is 89.5 Å². The average Bonchev–Trinajstić information content (AvgIpc) is 3.58. The van der Waals surface area contributed by atoms with Crippen molar-refractivity contribution in [2.24, 2.45) is 0 Å². The Labute approximate surface area is 391 Å². The molecule has 0 unspecified atom stereocenters. The fraction of sp³-hybridized carbons (Fsp3) is 0.438. The molecule has 1 spiro atoms. The largest absolute Gasteiger partial charge is 0.504 e. The van der Waals surface area contributed by atoms with Crippen LogP contribution in [0.15, 0.2) is 72.8 Å². The number of benzene rings is 3. The molecule has 4 heterocycles.